The predicted octanol–water partition coefficient (Wildman–Crippen LogP) is -0.492. The van der Waals surface area contributed by atoms with Gasteiger partial charge in [-0.3, -0.25) is 4.55 Å². The van der Waals surface area contributed by atoms with E-state index in [1.807, 2.05) is 0 Å². The molecule has 1 unspecified atom stereocenters. The van der Waals surface area contributed by atoms with E-state index in [0.717, 1.165) is 0 Å². The number of hydrogen-bond donors (Lipinski definition) is 4. The van der Waals surface area contributed by atoms with E-state index in [0.29, 0.717) is 6.42 Å². The van der Waals surface area contributed by atoms with Crippen molar-refractivity contribution < 1.29 is 22.3 Å². The summed E-state index contributed by atoms with van der Waals surface area (Å²) in [5.74, 6) is 0.269. The molecule has 0 rings (SSSR count). The standard InChI is InChI=1S/C5H12N2O.C3H6O4S/c1-4(8)2-3-5(6)7;1-2-3-7-8(4,5)6/h3-4,8H,2,6-7H2,1H3;2H,1,3H2,(H,4,5,6). The first kappa shape index (κ1) is 17.3. The van der Waals surface area contributed by atoms with Crippen LogP contribution < -0.4 is 11.5 Å². The van der Waals surface area contributed by atoms with E-state index in [1.165, 1.54) is 6.08 Å². The van der Waals surface area contributed by atoms with Gasteiger partial charge in [-0.1, -0.05) is 6.08 Å². The van der Waals surface area contributed by atoms with Crippen molar-refractivity contribution in [1.29, 1.82) is 0 Å². The van der Waals surface area contributed by atoms with Gasteiger partial charge in [0.05, 0.1) is 18.5 Å². The molecule has 1 atom stereocenters. The number of nitrogens with two attached hydrogens (primary N) is 2. The van der Waals surface area contributed by atoms with Gasteiger partial charge in [0, 0.05) is 0 Å². The van der Waals surface area contributed by atoms with E-state index < -0.39 is 10.4 Å². The van der Waals surface area contributed by atoms with Crippen molar-refractivity contribution in [3.63, 3.8) is 0 Å². The van der Waals surface area contributed by atoms with E-state index in [9.17, 15) is 8.42 Å². The normalized spacial score (nSPS) is 11.9. The zero-order valence-electron chi connectivity index (χ0n) is 9.04. The molecular weight excluding hydrogens is 236 g/mol. The molecule has 0 heterocycles. The van der Waals surface area contributed by atoms with Crippen molar-refractivity contribution in [1.82, 2.24) is 0 Å². The van der Waals surface area contributed by atoms with Crippen LogP contribution in [0, 0.1) is 0 Å². The maximum Gasteiger partial charge on any atom is 0.397 e. The topological polar surface area (TPSA) is 136 Å². The van der Waals surface area contributed by atoms with Gasteiger partial charge < -0.3 is 16.6 Å². The minimum absolute atomic E-state index is 0.196. The zero-order valence-corrected chi connectivity index (χ0v) is 9.85. The summed E-state index contributed by atoms with van der Waals surface area (Å²) in [5, 5.41) is 8.65. The molecule has 0 radical (unpaired) electrons. The van der Waals surface area contributed by atoms with E-state index in [1.54, 1.807) is 13.0 Å². The Morgan fingerprint density at radius 1 is 1.56 bits per heavy atom. The number of hydrogen-bond acceptors (Lipinski definition) is 6. The Morgan fingerprint density at radius 2 is 2.06 bits per heavy atom. The Morgan fingerprint density at radius 3 is 2.19 bits per heavy atom. The van der Waals surface area contributed by atoms with Gasteiger partial charge in [0.1, 0.15) is 0 Å². The molecule has 0 aromatic rings. The molecule has 0 saturated carbocycles. The fraction of sp³-hybridized carbons (Fsp3) is 0.500. The number of aliphatic hydroxyl groups excluding tert-OH is 1. The summed E-state index contributed by atoms with van der Waals surface area (Å²) in [6.45, 7) is 4.65. The highest BCUT2D eigenvalue weighted by atomic mass is 32.3. The highest BCUT2D eigenvalue weighted by molar-refractivity contribution is 7.80. The van der Waals surface area contributed by atoms with Crippen molar-refractivity contribution >= 4 is 10.4 Å². The SMILES string of the molecule is C=CCOS(=O)(=O)O.CC(O)CC=C(N)N. The second-order valence-electron chi connectivity index (χ2n) is 2.79. The van der Waals surface area contributed by atoms with Gasteiger partial charge in [0.25, 0.3) is 0 Å². The van der Waals surface area contributed by atoms with Crippen LogP contribution in [0.1, 0.15) is 13.3 Å². The fourth-order valence-corrected chi connectivity index (χ4v) is 0.709. The molecule has 0 saturated heterocycles. The molecule has 16 heavy (non-hydrogen) atoms. The molecule has 6 N–H and O–H groups in total. The van der Waals surface area contributed by atoms with Crippen LogP contribution >= 0.6 is 0 Å². The maximum atomic E-state index is 9.68. The average molecular weight is 254 g/mol. The van der Waals surface area contributed by atoms with E-state index >= 15 is 0 Å². The summed E-state index contributed by atoms with van der Waals surface area (Å²) in [6.07, 6.45) is 2.98. The van der Waals surface area contributed by atoms with Crippen molar-refractivity contribution in [2.75, 3.05) is 6.61 Å². The quantitative estimate of drug-likeness (QED) is 0.384. The maximum absolute atomic E-state index is 9.68. The molecule has 0 aromatic carbocycles. The summed E-state index contributed by atoms with van der Waals surface area (Å²) in [7, 11) is -4.26. The van der Waals surface area contributed by atoms with Crippen molar-refractivity contribution in [3.05, 3.63) is 24.6 Å². The molecule has 0 spiro atoms. The third kappa shape index (κ3) is 23.1. The van der Waals surface area contributed by atoms with Gasteiger partial charge in [0.15, 0.2) is 0 Å². The van der Waals surface area contributed by atoms with Gasteiger partial charge in [-0.15, -0.1) is 6.58 Å². The minimum atomic E-state index is -4.26. The first-order valence-corrected chi connectivity index (χ1v) is 5.67. The molecule has 0 aromatic heterocycles. The molecule has 0 amide bonds. The molecular formula is C8H18N2O5S. The Labute approximate surface area is 95.3 Å². The van der Waals surface area contributed by atoms with Crippen LogP contribution in [-0.2, 0) is 14.6 Å². The van der Waals surface area contributed by atoms with Gasteiger partial charge >= 0.3 is 10.4 Å². The van der Waals surface area contributed by atoms with Crippen LogP contribution in [0.15, 0.2) is 24.6 Å². The molecule has 96 valence electrons. The minimum Gasteiger partial charge on any atom is -0.393 e. The number of aliphatic hydroxyl groups is 1. The molecule has 7 nitrogen and oxygen atoms in total. The van der Waals surface area contributed by atoms with Gasteiger partial charge in [-0.05, 0) is 19.4 Å². The predicted molar refractivity (Wildman–Crippen MR) is 60.5 cm³/mol. The van der Waals surface area contributed by atoms with Gasteiger partial charge in [0.2, 0.25) is 0 Å². The second-order valence-corrected chi connectivity index (χ2v) is 3.88. The molecule has 0 aliphatic rings. The summed E-state index contributed by atoms with van der Waals surface area (Å²) >= 11 is 0. The lowest BCUT2D eigenvalue weighted by Gasteiger charge is -1.96. The lowest BCUT2D eigenvalue weighted by atomic mass is 10.3. The lowest BCUT2D eigenvalue weighted by Crippen LogP contribution is -2.09. The molecule has 0 aliphatic carbocycles. The van der Waals surface area contributed by atoms with Crippen LogP contribution in [0.4, 0.5) is 0 Å². The molecule has 0 fully saturated rings. The second kappa shape index (κ2) is 9.16. The van der Waals surface area contributed by atoms with Crippen molar-refractivity contribution in [2.24, 2.45) is 11.5 Å². The first-order chi connectivity index (χ1) is 7.19. The smallest absolute Gasteiger partial charge is 0.393 e. The Hall–Kier alpha value is -1.09. The van der Waals surface area contributed by atoms with Crippen LogP contribution in [-0.4, -0.2) is 30.8 Å². The summed E-state index contributed by atoms with van der Waals surface area (Å²) in [5.41, 5.74) is 10.1. The molecule has 8 heteroatoms. The third-order valence-electron chi connectivity index (χ3n) is 1.03. The van der Waals surface area contributed by atoms with Crippen LogP contribution in [0.25, 0.3) is 0 Å². The van der Waals surface area contributed by atoms with Crippen LogP contribution in [0.2, 0.25) is 0 Å². The Kier molecular flexibility index (Phi) is 9.91. The fourth-order valence-electron chi connectivity index (χ4n) is 0.441. The van der Waals surface area contributed by atoms with E-state index in [4.69, 9.17) is 21.1 Å². The summed E-state index contributed by atoms with van der Waals surface area (Å²) in [4.78, 5) is 0. The average Bonchev–Trinajstić information content (AvgIpc) is 2.11. The van der Waals surface area contributed by atoms with E-state index in [2.05, 4.69) is 10.8 Å². The van der Waals surface area contributed by atoms with Crippen LogP contribution in [0.5, 0.6) is 0 Å². The Balaban J connectivity index is 0. The zero-order chi connectivity index (χ0) is 13.2. The third-order valence-corrected chi connectivity index (χ3v) is 1.46. The van der Waals surface area contributed by atoms with E-state index in [-0.39, 0.29) is 18.5 Å². The highest BCUT2D eigenvalue weighted by Crippen LogP contribution is 1.89. The van der Waals surface area contributed by atoms with Gasteiger partial charge in [-0.25, -0.2) is 4.18 Å². The van der Waals surface area contributed by atoms with Crippen molar-refractivity contribution in [3.8, 4) is 0 Å². The van der Waals surface area contributed by atoms with Crippen molar-refractivity contribution in [2.45, 2.75) is 19.4 Å². The molecule has 0 bridgehead atoms. The largest absolute Gasteiger partial charge is 0.397 e. The summed E-state index contributed by atoms with van der Waals surface area (Å²) in [6, 6.07) is 0. The lowest BCUT2D eigenvalue weighted by molar-refractivity contribution is 0.198. The summed E-state index contributed by atoms with van der Waals surface area (Å²) < 4.78 is 31.0. The first-order valence-electron chi connectivity index (χ1n) is 4.31. The molecule has 0 aliphatic heterocycles. The monoisotopic (exact) mass is 254 g/mol. The van der Waals surface area contributed by atoms with Crippen LogP contribution in [0.3, 0.4) is 0 Å². The van der Waals surface area contributed by atoms with Gasteiger partial charge in [-0.2, -0.15) is 8.42 Å². The highest BCUT2D eigenvalue weighted by Gasteiger charge is 1.99. The Bertz CT molecular complexity index is 306. The number of rotatable bonds is 5.